The third-order valence-electron chi connectivity index (χ3n) is 3.24. The molecule has 3 heterocycles. The van der Waals surface area contributed by atoms with E-state index >= 15 is 0 Å². The summed E-state index contributed by atoms with van der Waals surface area (Å²) in [7, 11) is 0. The van der Waals surface area contributed by atoms with Gasteiger partial charge in [0, 0.05) is 12.3 Å². The van der Waals surface area contributed by atoms with Crippen LogP contribution in [0.2, 0.25) is 0 Å². The van der Waals surface area contributed by atoms with Crippen molar-refractivity contribution in [2.75, 3.05) is 5.32 Å². The Labute approximate surface area is 137 Å². The van der Waals surface area contributed by atoms with Crippen molar-refractivity contribution < 1.29 is 4.92 Å². The van der Waals surface area contributed by atoms with Crippen LogP contribution >= 0.6 is 11.3 Å². The maximum absolute atomic E-state index is 10.9. The molecule has 3 aromatic heterocycles. The number of thiophene rings is 1. The minimum atomic E-state index is -0.375. The summed E-state index contributed by atoms with van der Waals surface area (Å²) in [6.45, 7) is 3.84. The minimum absolute atomic E-state index is 0.123. The fourth-order valence-corrected chi connectivity index (χ4v) is 3.13. The van der Waals surface area contributed by atoms with E-state index in [4.69, 9.17) is 0 Å². The average Bonchev–Trinajstić information content (AvgIpc) is 2.90. The second kappa shape index (κ2) is 6.13. The zero-order valence-corrected chi connectivity index (χ0v) is 13.4. The summed E-state index contributed by atoms with van der Waals surface area (Å²) < 4.78 is 0. The van der Waals surface area contributed by atoms with Crippen LogP contribution in [0.3, 0.4) is 0 Å². The molecule has 0 radical (unpaired) electrons. The largest absolute Gasteiger partial charge is 0.325 e. The van der Waals surface area contributed by atoms with E-state index in [-0.39, 0.29) is 9.92 Å². The number of anilines is 2. The van der Waals surface area contributed by atoms with E-state index in [2.05, 4.69) is 15.3 Å². The molecule has 0 aliphatic rings. The Kier molecular flexibility index (Phi) is 4.03. The molecule has 0 unspecified atom stereocenters. The summed E-state index contributed by atoms with van der Waals surface area (Å²) in [5.41, 5.74) is 2.65. The van der Waals surface area contributed by atoms with Crippen molar-refractivity contribution in [1.82, 2.24) is 9.97 Å². The molecule has 1 N–H and O–H groups in total. The van der Waals surface area contributed by atoms with Crippen LogP contribution in [0.15, 0.2) is 42.6 Å². The monoisotopic (exact) mass is 326 g/mol. The molecule has 0 atom stereocenters. The number of nitro groups is 1. The summed E-state index contributed by atoms with van der Waals surface area (Å²) in [6.07, 6.45) is 1.73. The molecule has 3 rings (SSSR count). The highest BCUT2D eigenvalue weighted by atomic mass is 32.1. The molecule has 0 amide bonds. The van der Waals surface area contributed by atoms with Crippen molar-refractivity contribution in [2.45, 2.75) is 13.8 Å². The number of pyridine rings is 2. The number of nitrogens with one attached hydrogen (secondary N) is 1. The summed E-state index contributed by atoms with van der Waals surface area (Å²) >= 11 is 1.13. The number of nitrogens with zero attached hydrogens (tertiary/aromatic N) is 3. The number of rotatable bonds is 4. The first-order chi connectivity index (χ1) is 11.0. The quantitative estimate of drug-likeness (QED) is 0.565. The first-order valence-corrected chi connectivity index (χ1v) is 7.76. The first-order valence-electron chi connectivity index (χ1n) is 6.95. The van der Waals surface area contributed by atoms with E-state index in [1.807, 2.05) is 44.2 Å². The molecular weight excluding hydrogens is 312 g/mol. The fraction of sp³-hybridized carbons (Fsp3) is 0.125. The van der Waals surface area contributed by atoms with Crippen molar-refractivity contribution in [3.63, 3.8) is 0 Å². The zero-order valence-electron chi connectivity index (χ0n) is 12.6. The third-order valence-corrected chi connectivity index (χ3v) is 4.45. The molecular formula is C16H14N4O2S. The van der Waals surface area contributed by atoms with E-state index < -0.39 is 0 Å². The predicted octanol–water partition coefficient (Wildman–Crippen LogP) is 4.47. The van der Waals surface area contributed by atoms with Crippen LogP contribution in [0.4, 0.5) is 16.6 Å². The molecule has 116 valence electrons. The molecule has 6 nitrogen and oxygen atoms in total. The molecule has 0 aliphatic carbocycles. The highest BCUT2D eigenvalue weighted by Gasteiger charge is 2.16. The predicted molar refractivity (Wildman–Crippen MR) is 91.2 cm³/mol. The highest BCUT2D eigenvalue weighted by Crippen LogP contribution is 2.36. The second-order valence-electron chi connectivity index (χ2n) is 5.11. The number of aromatic nitrogens is 2. The van der Waals surface area contributed by atoms with Crippen molar-refractivity contribution in [3.05, 3.63) is 63.8 Å². The summed E-state index contributed by atoms with van der Waals surface area (Å²) in [5, 5.41) is 14.2. The smallest absolute Gasteiger partial charge is 0.324 e. The Balaban J connectivity index is 1.92. The van der Waals surface area contributed by atoms with Gasteiger partial charge in [0.15, 0.2) is 0 Å². The number of hydrogen-bond acceptors (Lipinski definition) is 6. The standard InChI is InChI=1S/C16H14N4O2S/c1-10-6-7-17-14(8-10)19-13-5-3-4-12(18-13)16-11(2)9-15(23-16)20(21)22/h3-9H,1-2H3,(H,17,18,19). The third kappa shape index (κ3) is 3.35. The summed E-state index contributed by atoms with van der Waals surface area (Å²) in [5.74, 6) is 1.36. The Morgan fingerprint density at radius 1 is 1.17 bits per heavy atom. The van der Waals surface area contributed by atoms with E-state index in [9.17, 15) is 10.1 Å². The van der Waals surface area contributed by atoms with Gasteiger partial charge in [0.1, 0.15) is 11.6 Å². The van der Waals surface area contributed by atoms with Gasteiger partial charge in [0.25, 0.3) is 0 Å². The average molecular weight is 326 g/mol. The second-order valence-corrected chi connectivity index (χ2v) is 6.14. The van der Waals surface area contributed by atoms with Crippen LogP contribution in [-0.4, -0.2) is 14.9 Å². The van der Waals surface area contributed by atoms with E-state index in [1.54, 1.807) is 12.3 Å². The van der Waals surface area contributed by atoms with Crippen LogP contribution in [0.25, 0.3) is 10.6 Å². The molecule has 0 bridgehead atoms. The van der Waals surface area contributed by atoms with Crippen LogP contribution < -0.4 is 5.32 Å². The Morgan fingerprint density at radius 2 is 2.00 bits per heavy atom. The van der Waals surface area contributed by atoms with Gasteiger partial charge in [-0.1, -0.05) is 17.4 Å². The highest BCUT2D eigenvalue weighted by molar-refractivity contribution is 7.18. The molecule has 7 heteroatoms. The summed E-state index contributed by atoms with van der Waals surface area (Å²) in [6, 6.07) is 11.0. The van der Waals surface area contributed by atoms with Gasteiger partial charge in [0.2, 0.25) is 0 Å². The lowest BCUT2D eigenvalue weighted by molar-refractivity contribution is -0.380. The maximum Gasteiger partial charge on any atom is 0.324 e. The van der Waals surface area contributed by atoms with Crippen molar-refractivity contribution in [1.29, 1.82) is 0 Å². The van der Waals surface area contributed by atoms with Gasteiger partial charge in [-0.3, -0.25) is 10.1 Å². The van der Waals surface area contributed by atoms with Gasteiger partial charge in [-0.15, -0.1) is 0 Å². The van der Waals surface area contributed by atoms with Crippen molar-refractivity contribution in [3.8, 4) is 10.6 Å². The number of hydrogen-bond donors (Lipinski definition) is 1. The molecule has 0 saturated carbocycles. The van der Waals surface area contributed by atoms with Crippen molar-refractivity contribution in [2.24, 2.45) is 0 Å². The van der Waals surface area contributed by atoms with Crippen molar-refractivity contribution >= 4 is 28.0 Å². The van der Waals surface area contributed by atoms with Gasteiger partial charge >= 0.3 is 5.00 Å². The maximum atomic E-state index is 10.9. The van der Waals surface area contributed by atoms with Gasteiger partial charge < -0.3 is 5.32 Å². The van der Waals surface area contributed by atoms with Crippen LogP contribution in [0.5, 0.6) is 0 Å². The van der Waals surface area contributed by atoms with Crippen LogP contribution in [0, 0.1) is 24.0 Å². The molecule has 0 spiro atoms. The van der Waals surface area contributed by atoms with Crippen LogP contribution in [0.1, 0.15) is 11.1 Å². The molecule has 3 aromatic rings. The Morgan fingerprint density at radius 3 is 2.70 bits per heavy atom. The van der Waals surface area contributed by atoms with Crippen LogP contribution in [-0.2, 0) is 0 Å². The summed E-state index contributed by atoms with van der Waals surface area (Å²) in [4.78, 5) is 20.1. The molecule has 0 aromatic carbocycles. The molecule has 23 heavy (non-hydrogen) atoms. The Hall–Kier alpha value is -2.80. The first kappa shape index (κ1) is 15.1. The normalized spacial score (nSPS) is 10.5. The lowest BCUT2D eigenvalue weighted by Gasteiger charge is -2.07. The molecule has 0 fully saturated rings. The van der Waals surface area contributed by atoms with Gasteiger partial charge in [-0.2, -0.15) is 0 Å². The fourth-order valence-electron chi connectivity index (χ4n) is 2.18. The minimum Gasteiger partial charge on any atom is -0.325 e. The molecule has 0 saturated heterocycles. The van der Waals surface area contributed by atoms with Gasteiger partial charge in [0.05, 0.1) is 15.5 Å². The van der Waals surface area contributed by atoms with E-state index in [0.717, 1.165) is 27.3 Å². The lowest BCUT2D eigenvalue weighted by Crippen LogP contribution is -1.96. The van der Waals surface area contributed by atoms with Gasteiger partial charge in [-0.05, 0) is 49.2 Å². The van der Waals surface area contributed by atoms with E-state index in [0.29, 0.717) is 17.3 Å². The topological polar surface area (TPSA) is 81.0 Å². The van der Waals surface area contributed by atoms with E-state index in [1.165, 1.54) is 0 Å². The SMILES string of the molecule is Cc1ccnc(Nc2cccc(-c3sc([N+](=O)[O-])cc3C)n2)c1. The zero-order chi connectivity index (χ0) is 16.4. The number of aryl methyl sites for hydroxylation is 2. The lowest BCUT2D eigenvalue weighted by atomic mass is 10.2. The Bertz CT molecular complexity index is 876. The van der Waals surface area contributed by atoms with Gasteiger partial charge in [-0.25, -0.2) is 9.97 Å². The molecule has 0 aliphatic heterocycles.